The van der Waals surface area contributed by atoms with Gasteiger partial charge in [0.25, 0.3) is 5.91 Å². The van der Waals surface area contributed by atoms with Crippen molar-refractivity contribution in [1.82, 2.24) is 9.97 Å². The predicted octanol–water partition coefficient (Wildman–Crippen LogP) is 4.83. The molecule has 0 aromatic carbocycles. The zero-order valence-corrected chi connectivity index (χ0v) is 13.5. The first kappa shape index (κ1) is 14.5. The van der Waals surface area contributed by atoms with E-state index in [1.807, 2.05) is 17.5 Å². The summed E-state index contributed by atoms with van der Waals surface area (Å²) in [6.45, 7) is 0. The Balaban J connectivity index is 1.79. The molecule has 3 aromatic heterocycles. The van der Waals surface area contributed by atoms with Crippen LogP contribution in [0.2, 0.25) is 9.49 Å². The number of carbonyl (C=O) groups is 1. The molecule has 0 aliphatic carbocycles. The number of carbonyl (C=O) groups excluding carboxylic acids is 1. The number of anilines is 1. The van der Waals surface area contributed by atoms with E-state index in [1.54, 1.807) is 12.1 Å². The van der Waals surface area contributed by atoms with Crippen molar-refractivity contribution < 1.29 is 4.79 Å². The van der Waals surface area contributed by atoms with Crippen molar-refractivity contribution in [3.8, 4) is 10.6 Å². The first-order chi connectivity index (χ1) is 10.1. The molecule has 0 aliphatic heterocycles. The van der Waals surface area contributed by atoms with Gasteiger partial charge < -0.3 is 0 Å². The molecule has 0 saturated carbocycles. The van der Waals surface area contributed by atoms with Gasteiger partial charge in [0.05, 0.1) is 20.5 Å². The van der Waals surface area contributed by atoms with Gasteiger partial charge in [-0.1, -0.05) is 23.2 Å². The van der Waals surface area contributed by atoms with Gasteiger partial charge in [-0.05, 0) is 24.3 Å². The number of nitrogens with zero attached hydrogens (tertiary/aromatic N) is 2. The zero-order chi connectivity index (χ0) is 14.8. The molecule has 1 amide bonds. The second kappa shape index (κ2) is 6.11. The maximum absolute atomic E-state index is 12.1. The van der Waals surface area contributed by atoms with Gasteiger partial charge in [0.15, 0.2) is 5.13 Å². The molecule has 0 saturated heterocycles. The molecule has 3 heterocycles. The first-order valence-electron chi connectivity index (χ1n) is 5.76. The maximum atomic E-state index is 12.1. The third-order valence-electron chi connectivity index (χ3n) is 2.55. The van der Waals surface area contributed by atoms with E-state index >= 15 is 0 Å². The van der Waals surface area contributed by atoms with E-state index in [0.29, 0.717) is 15.0 Å². The zero-order valence-electron chi connectivity index (χ0n) is 10.3. The lowest BCUT2D eigenvalue weighted by Gasteiger charge is -2.02. The number of hydrogen-bond acceptors (Lipinski definition) is 5. The summed E-state index contributed by atoms with van der Waals surface area (Å²) in [6, 6.07) is 6.97. The van der Waals surface area contributed by atoms with Gasteiger partial charge >= 0.3 is 0 Å². The summed E-state index contributed by atoms with van der Waals surface area (Å²) in [4.78, 5) is 21.3. The van der Waals surface area contributed by atoms with Crippen molar-refractivity contribution in [3.63, 3.8) is 0 Å². The SMILES string of the molecule is O=C(Nc1nc(-c2ccc(Cl)s2)cs1)c1cccnc1Cl. The molecule has 3 rings (SSSR count). The first-order valence-corrected chi connectivity index (χ1v) is 8.22. The van der Waals surface area contributed by atoms with Crippen molar-refractivity contribution in [2.45, 2.75) is 0 Å². The lowest BCUT2D eigenvalue weighted by molar-refractivity contribution is 0.102. The quantitative estimate of drug-likeness (QED) is 0.684. The van der Waals surface area contributed by atoms with E-state index in [9.17, 15) is 4.79 Å². The van der Waals surface area contributed by atoms with Crippen LogP contribution in [0.4, 0.5) is 5.13 Å². The van der Waals surface area contributed by atoms with Gasteiger partial charge in [-0.25, -0.2) is 9.97 Å². The molecule has 1 N–H and O–H groups in total. The van der Waals surface area contributed by atoms with Crippen LogP contribution < -0.4 is 5.32 Å². The number of thiophene rings is 1. The van der Waals surface area contributed by atoms with Gasteiger partial charge in [-0.15, -0.1) is 22.7 Å². The molecular formula is C13H7Cl2N3OS2. The molecule has 0 fully saturated rings. The smallest absolute Gasteiger partial charge is 0.260 e. The minimum absolute atomic E-state index is 0.164. The van der Waals surface area contributed by atoms with Crippen molar-refractivity contribution >= 4 is 56.9 Å². The number of rotatable bonds is 3. The van der Waals surface area contributed by atoms with Gasteiger partial charge in [0.1, 0.15) is 5.15 Å². The standard InChI is InChI=1S/C13H7Cl2N3OS2/c14-10-4-3-9(21-10)8-6-20-13(17-8)18-12(19)7-2-1-5-16-11(7)15/h1-6H,(H,17,18,19). The van der Waals surface area contributed by atoms with Crippen LogP contribution in [0.3, 0.4) is 0 Å². The average Bonchev–Trinajstić information content (AvgIpc) is 3.08. The summed E-state index contributed by atoms with van der Waals surface area (Å²) in [5.74, 6) is -0.335. The van der Waals surface area contributed by atoms with E-state index < -0.39 is 0 Å². The highest BCUT2D eigenvalue weighted by Gasteiger charge is 2.13. The summed E-state index contributed by atoms with van der Waals surface area (Å²) < 4.78 is 0.700. The second-order valence-corrected chi connectivity index (χ2v) is 6.87. The van der Waals surface area contributed by atoms with Crippen LogP contribution in [0.5, 0.6) is 0 Å². The molecule has 3 aromatic rings. The summed E-state index contributed by atoms with van der Waals surface area (Å²) in [5.41, 5.74) is 1.10. The third-order valence-corrected chi connectivity index (χ3v) is 4.87. The highest BCUT2D eigenvalue weighted by Crippen LogP contribution is 2.33. The number of hydrogen-bond donors (Lipinski definition) is 1. The number of pyridine rings is 1. The number of halogens is 2. The fraction of sp³-hybridized carbons (Fsp3) is 0. The second-order valence-electron chi connectivity index (χ2n) is 3.94. The number of aromatic nitrogens is 2. The van der Waals surface area contributed by atoms with Gasteiger partial charge in [-0.2, -0.15) is 0 Å². The van der Waals surface area contributed by atoms with Crippen molar-refractivity contribution in [1.29, 1.82) is 0 Å². The minimum atomic E-state index is -0.335. The van der Waals surface area contributed by atoms with E-state index in [4.69, 9.17) is 23.2 Å². The summed E-state index contributed by atoms with van der Waals surface area (Å²) >= 11 is 14.6. The molecule has 8 heteroatoms. The van der Waals surface area contributed by atoms with Gasteiger partial charge in [-0.3, -0.25) is 10.1 Å². The Labute approximate surface area is 138 Å². The largest absolute Gasteiger partial charge is 0.298 e. The summed E-state index contributed by atoms with van der Waals surface area (Å²) in [6.07, 6.45) is 1.53. The maximum Gasteiger partial charge on any atom is 0.260 e. The summed E-state index contributed by atoms with van der Waals surface area (Å²) in [7, 11) is 0. The Hall–Kier alpha value is -1.47. The molecule has 0 bridgehead atoms. The van der Waals surface area contributed by atoms with Crippen molar-refractivity contribution in [2.24, 2.45) is 0 Å². The monoisotopic (exact) mass is 355 g/mol. The third kappa shape index (κ3) is 3.24. The van der Waals surface area contributed by atoms with Crippen LogP contribution in [0.25, 0.3) is 10.6 Å². The van der Waals surface area contributed by atoms with Crippen LogP contribution in [0, 0.1) is 0 Å². The molecule has 0 aliphatic rings. The van der Waals surface area contributed by atoms with Crippen molar-refractivity contribution in [2.75, 3.05) is 5.32 Å². The molecule has 21 heavy (non-hydrogen) atoms. The minimum Gasteiger partial charge on any atom is -0.298 e. The molecule has 0 spiro atoms. The molecule has 0 atom stereocenters. The number of amides is 1. The topological polar surface area (TPSA) is 54.9 Å². The van der Waals surface area contributed by atoms with Crippen LogP contribution in [0.15, 0.2) is 35.8 Å². The average molecular weight is 356 g/mol. The highest BCUT2D eigenvalue weighted by molar-refractivity contribution is 7.20. The fourth-order valence-corrected chi connectivity index (χ4v) is 3.61. The molecular weight excluding hydrogens is 349 g/mol. The normalized spacial score (nSPS) is 10.6. The van der Waals surface area contributed by atoms with Crippen LogP contribution in [0.1, 0.15) is 10.4 Å². The lowest BCUT2D eigenvalue weighted by Crippen LogP contribution is -2.12. The Morgan fingerprint density at radius 1 is 1.24 bits per heavy atom. The molecule has 4 nitrogen and oxygen atoms in total. The molecule has 0 radical (unpaired) electrons. The Morgan fingerprint density at radius 3 is 2.81 bits per heavy atom. The van der Waals surface area contributed by atoms with Crippen LogP contribution >= 0.6 is 45.9 Å². The Bertz CT molecular complexity index is 800. The van der Waals surface area contributed by atoms with E-state index in [2.05, 4.69) is 15.3 Å². The van der Waals surface area contributed by atoms with E-state index in [0.717, 1.165) is 10.6 Å². The van der Waals surface area contributed by atoms with E-state index in [-0.39, 0.29) is 11.1 Å². The van der Waals surface area contributed by atoms with Crippen LogP contribution in [-0.2, 0) is 0 Å². The summed E-state index contributed by atoms with van der Waals surface area (Å²) in [5, 5.41) is 5.24. The fourth-order valence-electron chi connectivity index (χ4n) is 1.62. The lowest BCUT2D eigenvalue weighted by atomic mass is 10.3. The Morgan fingerprint density at radius 2 is 2.10 bits per heavy atom. The molecule has 106 valence electrons. The van der Waals surface area contributed by atoms with Crippen LogP contribution in [-0.4, -0.2) is 15.9 Å². The Kier molecular flexibility index (Phi) is 4.21. The molecule has 0 unspecified atom stereocenters. The van der Waals surface area contributed by atoms with E-state index in [1.165, 1.54) is 28.9 Å². The number of thiazole rings is 1. The van der Waals surface area contributed by atoms with Gasteiger partial charge in [0.2, 0.25) is 0 Å². The number of nitrogens with one attached hydrogen (secondary N) is 1. The predicted molar refractivity (Wildman–Crippen MR) is 87.6 cm³/mol. The van der Waals surface area contributed by atoms with Crippen molar-refractivity contribution in [3.05, 3.63) is 50.9 Å². The van der Waals surface area contributed by atoms with Gasteiger partial charge in [0, 0.05) is 11.6 Å². The highest BCUT2D eigenvalue weighted by atomic mass is 35.5.